The number of halogens is 1. The number of amides is 2. The van der Waals surface area contributed by atoms with Crippen LogP contribution in [0, 0.1) is 20.8 Å². The molecule has 2 aromatic carbocycles. The molecule has 4 aromatic rings. The van der Waals surface area contributed by atoms with Crippen LogP contribution < -0.4 is 15.4 Å². The van der Waals surface area contributed by atoms with Crippen molar-refractivity contribution < 1.29 is 18.7 Å². The molecule has 5 rings (SSSR count). The van der Waals surface area contributed by atoms with Crippen molar-refractivity contribution in [1.29, 1.82) is 0 Å². The van der Waals surface area contributed by atoms with Crippen LogP contribution in [0.25, 0.3) is 22.2 Å². The first-order chi connectivity index (χ1) is 19.2. The quantitative estimate of drug-likeness (QED) is 0.270. The van der Waals surface area contributed by atoms with Crippen LogP contribution >= 0.6 is 0 Å². The second-order valence-corrected chi connectivity index (χ2v) is 10.4. The number of rotatable bonds is 9. The number of anilines is 1. The summed E-state index contributed by atoms with van der Waals surface area (Å²) in [6.45, 7) is 8.77. The lowest BCUT2D eigenvalue weighted by atomic mass is 10.0. The number of benzene rings is 2. The van der Waals surface area contributed by atoms with Crippen molar-refractivity contribution in [3.63, 3.8) is 0 Å². The van der Waals surface area contributed by atoms with E-state index in [9.17, 15) is 14.0 Å². The number of aryl methyl sites for hydroxylation is 3. The van der Waals surface area contributed by atoms with Gasteiger partial charge >= 0.3 is 0 Å². The highest BCUT2D eigenvalue weighted by molar-refractivity contribution is 6.08. The van der Waals surface area contributed by atoms with E-state index in [0.717, 1.165) is 39.4 Å². The van der Waals surface area contributed by atoms with E-state index in [0.29, 0.717) is 41.7 Å². The van der Waals surface area contributed by atoms with E-state index >= 15 is 0 Å². The van der Waals surface area contributed by atoms with E-state index in [4.69, 9.17) is 9.72 Å². The highest BCUT2D eigenvalue weighted by Crippen LogP contribution is 2.41. The molecule has 0 radical (unpaired) electrons. The van der Waals surface area contributed by atoms with Crippen LogP contribution in [-0.4, -0.2) is 40.6 Å². The summed E-state index contributed by atoms with van der Waals surface area (Å²) in [6.07, 6.45) is 2.60. The zero-order valence-electron chi connectivity index (χ0n) is 23.2. The fraction of sp³-hybridized carbons (Fsp3) is 0.312. The summed E-state index contributed by atoms with van der Waals surface area (Å²) in [5, 5.41) is 6.30. The first kappa shape index (κ1) is 27.2. The molecule has 1 aliphatic rings. The number of fused-ring (bicyclic) bond motifs is 1. The van der Waals surface area contributed by atoms with Crippen molar-refractivity contribution in [1.82, 2.24) is 15.3 Å². The van der Waals surface area contributed by atoms with Gasteiger partial charge in [0, 0.05) is 41.4 Å². The van der Waals surface area contributed by atoms with Gasteiger partial charge in [-0.2, -0.15) is 0 Å². The molecule has 8 heteroatoms. The fourth-order valence-electron chi connectivity index (χ4n) is 4.65. The zero-order chi connectivity index (χ0) is 28.4. The van der Waals surface area contributed by atoms with Crippen LogP contribution in [0.1, 0.15) is 52.5 Å². The molecule has 2 amide bonds. The molecule has 0 bridgehead atoms. The number of ether oxygens (including phenoxy) is 1. The summed E-state index contributed by atoms with van der Waals surface area (Å²) in [5.74, 6) is -0.244. The number of hydrogen-bond donors (Lipinski definition) is 2. The third kappa shape index (κ3) is 5.81. The molecule has 2 heterocycles. The third-order valence-electron chi connectivity index (χ3n) is 7.02. The summed E-state index contributed by atoms with van der Waals surface area (Å²) in [6, 6.07) is 15.3. The fourth-order valence-corrected chi connectivity index (χ4v) is 4.65. The Hall–Kier alpha value is -4.33. The van der Waals surface area contributed by atoms with Gasteiger partial charge in [0.2, 0.25) is 0 Å². The van der Waals surface area contributed by atoms with E-state index in [1.807, 2.05) is 64.1 Å². The minimum atomic E-state index is -1.84. The summed E-state index contributed by atoms with van der Waals surface area (Å²) in [4.78, 5) is 34.9. The first-order valence-electron chi connectivity index (χ1n) is 13.6. The standard InChI is InChI=1S/C32H33FN4O3/c1-5-40-29-21(4)15-25(36-28(29)22-8-6-19(2)7-9-22)10-13-34-30(38)24-16-23-14-20(3)18-35-27(23)26(17-24)37-31(39)32(33)11-12-32/h6-9,14-18H,5,10-13H2,1-4H3,(H,34,38)(H,37,39). The topological polar surface area (TPSA) is 93.2 Å². The van der Waals surface area contributed by atoms with Gasteiger partial charge in [0.05, 0.1) is 17.8 Å². The average molecular weight is 541 g/mol. The Bertz CT molecular complexity index is 1600. The number of nitrogens with one attached hydrogen (secondary N) is 2. The lowest BCUT2D eigenvalue weighted by Crippen LogP contribution is -2.27. The highest BCUT2D eigenvalue weighted by atomic mass is 19.1. The maximum Gasteiger partial charge on any atom is 0.262 e. The Kier molecular flexibility index (Phi) is 7.52. The Labute approximate surface area is 233 Å². The SMILES string of the molecule is CCOc1c(C)cc(CCNC(=O)c2cc(NC(=O)C3(F)CC3)c3ncc(C)cc3c2)nc1-c1ccc(C)cc1. The van der Waals surface area contributed by atoms with Crippen molar-refractivity contribution in [2.24, 2.45) is 0 Å². The number of pyridine rings is 2. The van der Waals surface area contributed by atoms with Gasteiger partial charge in [0.25, 0.3) is 11.8 Å². The van der Waals surface area contributed by atoms with Gasteiger partial charge in [-0.05, 0) is 75.9 Å². The zero-order valence-corrected chi connectivity index (χ0v) is 23.2. The number of alkyl halides is 1. The molecule has 7 nitrogen and oxygen atoms in total. The van der Waals surface area contributed by atoms with E-state index in [-0.39, 0.29) is 18.7 Å². The lowest BCUT2D eigenvalue weighted by molar-refractivity contribution is -0.122. The van der Waals surface area contributed by atoms with Crippen molar-refractivity contribution in [2.75, 3.05) is 18.5 Å². The molecule has 0 spiro atoms. The van der Waals surface area contributed by atoms with Crippen molar-refractivity contribution in [3.05, 3.63) is 82.7 Å². The van der Waals surface area contributed by atoms with Crippen LogP contribution in [0.2, 0.25) is 0 Å². The highest BCUT2D eigenvalue weighted by Gasteiger charge is 2.51. The van der Waals surface area contributed by atoms with Crippen LogP contribution in [0.3, 0.4) is 0 Å². The molecule has 2 aromatic heterocycles. The third-order valence-corrected chi connectivity index (χ3v) is 7.02. The van der Waals surface area contributed by atoms with Crippen LogP contribution in [0.15, 0.2) is 54.7 Å². The number of carbonyl (C=O) groups is 2. The van der Waals surface area contributed by atoms with Crippen LogP contribution in [0.4, 0.5) is 10.1 Å². The lowest BCUT2D eigenvalue weighted by Gasteiger charge is -2.15. The molecule has 1 aliphatic carbocycles. The molecule has 2 N–H and O–H groups in total. The van der Waals surface area contributed by atoms with Gasteiger partial charge in [0.15, 0.2) is 5.67 Å². The Morgan fingerprint density at radius 3 is 2.48 bits per heavy atom. The molecule has 206 valence electrons. The first-order valence-corrected chi connectivity index (χ1v) is 13.6. The molecule has 0 saturated heterocycles. The Morgan fingerprint density at radius 1 is 1.02 bits per heavy atom. The van der Waals surface area contributed by atoms with Crippen molar-refractivity contribution in [2.45, 2.75) is 52.6 Å². The van der Waals surface area contributed by atoms with Crippen molar-refractivity contribution >= 4 is 28.4 Å². The Morgan fingerprint density at radius 2 is 1.77 bits per heavy atom. The smallest absolute Gasteiger partial charge is 0.262 e. The normalized spacial score (nSPS) is 13.6. The van der Waals surface area contributed by atoms with E-state index in [1.165, 1.54) is 0 Å². The summed E-state index contributed by atoms with van der Waals surface area (Å²) in [7, 11) is 0. The second kappa shape index (κ2) is 11.0. The summed E-state index contributed by atoms with van der Waals surface area (Å²) in [5.41, 5.74) is 4.99. The van der Waals surface area contributed by atoms with Gasteiger partial charge in [-0.1, -0.05) is 29.8 Å². The van der Waals surface area contributed by atoms with Gasteiger partial charge in [-0.15, -0.1) is 0 Å². The predicted octanol–water partition coefficient (Wildman–Crippen LogP) is 6.03. The van der Waals surface area contributed by atoms with E-state index in [2.05, 4.69) is 15.6 Å². The molecular weight excluding hydrogens is 507 g/mol. The monoisotopic (exact) mass is 540 g/mol. The van der Waals surface area contributed by atoms with E-state index < -0.39 is 11.6 Å². The number of hydrogen-bond acceptors (Lipinski definition) is 5. The maximum absolute atomic E-state index is 14.4. The average Bonchev–Trinajstić information content (AvgIpc) is 3.68. The molecule has 0 aliphatic heterocycles. The Balaban J connectivity index is 1.35. The number of nitrogens with zero attached hydrogens (tertiary/aromatic N) is 2. The molecule has 1 saturated carbocycles. The maximum atomic E-state index is 14.4. The molecular formula is C32H33FN4O3. The minimum absolute atomic E-state index is 0.203. The largest absolute Gasteiger partial charge is 0.491 e. The van der Waals surface area contributed by atoms with Crippen molar-refractivity contribution in [3.8, 4) is 17.0 Å². The number of aromatic nitrogens is 2. The molecule has 40 heavy (non-hydrogen) atoms. The van der Waals surface area contributed by atoms with Gasteiger partial charge < -0.3 is 15.4 Å². The van der Waals surface area contributed by atoms with Gasteiger partial charge in [-0.25, -0.2) is 9.37 Å². The van der Waals surface area contributed by atoms with Gasteiger partial charge in [0.1, 0.15) is 11.4 Å². The van der Waals surface area contributed by atoms with Crippen LogP contribution in [0.5, 0.6) is 5.75 Å². The number of carbonyl (C=O) groups excluding carboxylic acids is 2. The summed E-state index contributed by atoms with van der Waals surface area (Å²) >= 11 is 0. The predicted molar refractivity (Wildman–Crippen MR) is 155 cm³/mol. The van der Waals surface area contributed by atoms with Gasteiger partial charge in [-0.3, -0.25) is 14.6 Å². The minimum Gasteiger partial charge on any atom is -0.491 e. The second-order valence-electron chi connectivity index (χ2n) is 10.4. The van der Waals surface area contributed by atoms with Crippen LogP contribution in [-0.2, 0) is 11.2 Å². The molecule has 0 atom stereocenters. The van der Waals surface area contributed by atoms with E-state index in [1.54, 1.807) is 18.3 Å². The summed E-state index contributed by atoms with van der Waals surface area (Å²) < 4.78 is 20.3. The molecule has 1 fully saturated rings. The molecule has 0 unspecified atom stereocenters.